The molecule has 18 heavy (non-hydrogen) atoms. The van der Waals surface area contributed by atoms with Gasteiger partial charge in [-0.1, -0.05) is 0 Å². The highest BCUT2D eigenvalue weighted by molar-refractivity contribution is 5.85. The Bertz CT molecular complexity index is 417. The summed E-state index contributed by atoms with van der Waals surface area (Å²) >= 11 is 0. The third kappa shape index (κ3) is 4.04. The molecule has 0 saturated heterocycles. The first-order valence-electron chi connectivity index (χ1n) is 5.75. The molecule has 1 aromatic rings. The lowest BCUT2D eigenvalue weighted by molar-refractivity contribution is -0.135. The van der Waals surface area contributed by atoms with Gasteiger partial charge in [0.05, 0.1) is 24.8 Å². The predicted molar refractivity (Wildman–Crippen MR) is 68.7 cm³/mol. The summed E-state index contributed by atoms with van der Waals surface area (Å²) < 4.78 is 0. The Morgan fingerprint density at radius 3 is 2.67 bits per heavy atom. The second-order valence-electron chi connectivity index (χ2n) is 3.84. The van der Waals surface area contributed by atoms with Crippen LogP contribution in [-0.4, -0.2) is 41.8 Å². The minimum absolute atomic E-state index is 0.0702. The molecule has 0 aromatic carbocycles. The normalized spacial score (nSPS) is 9.89. The van der Waals surface area contributed by atoms with E-state index in [9.17, 15) is 9.59 Å². The van der Waals surface area contributed by atoms with Gasteiger partial charge in [-0.15, -0.1) is 0 Å². The third-order valence-corrected chi connectivity index (χ3v) is 2.53. The first kappa shape index (κ1) is 14.0. The van der Waals surface area contributed by atoms with Crippen LogP contribution in [0.5, 0.6) is 0 Å². The van der Waals surface area contributed by atoms with Crippen molar-refractivity contribution < 1.29 is 9.59 Å². The molecule has 6 heteroatoms. The summed E-state index contributed by atoms with van der Waals surface area (Å²) in [6, 6.07) is 3.41. The number of anilines is 1. The Morgan fingerprint density at radius 1 is 1.44 bits per heavy atom. The van der Waals surface area contributed by atoms with Crippen LogP contribution in [0.4, 0.5) is 5.69 Å². The number of hydrogen-bond acceptors (Lipinski definition) is 4. The molecule has 3 N–H and O–H groups in total. The van der Waals surface area contributed by atoms with Gasteiger partial charge in [0.1, 0.15) is 0 Å². The van der Waals surface area contributed by atoms with Crippen LogP contribution in [0.25, 0.3) is 0 Å². The lowest BCUT2D eigenvalue weighted by Gasteiger charge is -2.19. The molecule has 0 fully saturated rings. The predicted octanol–water partition coefficient (Wildman–Crippen LogP) is -0.199. The van der Waals surface area contributed by atoms with Crippen molar-refractivity contribution in [1.29, 1.82) is 0 Å². The van der Waals surface area contributed by atoms with Gasteiger partial charge in [0.15, 0.2) is 0 Å². The number of nitrogens with two attached hydrogens (primary N) is 1. The number of amides is 2. The fourth-order valence-electron chi connectivity index (χ4n) is 1.44. The fraction of sp³-hybridized carbons (Fsp3) is 0.417. The Labute approximate surface area is 106 Å². The Hall–Kier alpha value is -2.11. The van der Waals surface area contributed by atoms with Crippen LogP contribution in [0.15, 0.2) is 18.3 Å². The molecular weight excluding hydrogens is 232 g/mol. The van der Waals surface area contributed by atoms with Crippen molar-refractivity contribution in [3.63, 3.8) is 0 Å². The van der Waals surface area contributed by atoms with Crippen molar-refractivity contribution in [3.05, 3.63) is 24.0 Å². The zero-order valence-corrected chi connectivity index (χ0v) is 10.6. The molecule has 2 amide bonds. The van der Waals surface area contributed by atoms with E-state index in [1.165, 1.54) is 11.1 Å². The summed E-state index contributed by atoms with van der Waals surface area (Å²) in [4.78, 5) is 28.7. The van der Waals surface area contributed by atoms with Gasteiger partial charge in [0.25, 0.3) is 0 Å². The van der Waals surface area contributed by atoms with Crippen LogP contribution in [-0.2, 0) is 16.0 Å². The first-order chi connectivity index (χ1) is 8.56. The van der Waals surface area contributed by atoms with Crippen molar-refractivity contribution in [2.24, 2.45) is 0 Å². The van der Waals surface area contributed by atoms with Gasteiger partial charge in [-0.05, 0) is 19.1 Å². The number of aromatic nitrogens is 1. The lowest BCUT2D eigenvalue weighted by Crippen LogP contribution is -2.40. The monoisotopic (exact) mass is 250 g/mol. The molecule has 1 heterocycles. The van der Waals surface area contributed by atoms with Gasteiger partial charge in [-0.25, -0.2) is 0 Å². The first-order valence-corrected chi connectivity index (χ1v) is 5.75. The number of nitrogens with zero attached hydrogens (tertiary/aromatic N) is 2. The maximum atomic E-state index is 12.0. The van der Waals surface area contributed by atoms with E-state index in [0.29, 0.717) is 17.9 Å². The van der Waals surface area contributed by atoms with Gasteiger partial charge in [-0.2, -0.15) is 0 Å². The maximum absolute atomic E-state index is 12.0. The molecular formula is C12H18N4O2. The molecule has 0 aliphatic rings. The van der Waals surface area contributed by atoms with Gasteiger partial charge in [0, 0.05) is 19.3 Å². The summed E-state index contributed by atoms with van der Waals surface area (Å²) in [5.41, 5.74) is 6.72. The van der Waals surface area contributed by atoms with Gasteiger partial charge in [0.2, 0.25) is 11.8 Å². The minimum atomic E-state index is -0.185. The lowest BCUT2D eigenvalue weighted by atomic mass is 10.2. The molecule has 6 nitrogen and oxygen atoms in total. The summed E-state index contributed by atoms with van der Waals surface area (Å²) in [7, 11) is 1.54. The van der Waals surface area contributed by atoms with Crippen LogP contribution in [0, 0.1) is 0 Å². The SMILES string of the molecule is CCN(CC(=O)NC)C(=O)Cc1ccc(N)cn1. The van der Waals surface area contributed by atoms with Crippen LogP contribution >= 0.6 is 0 Å². The summed E-state index contributed by atoms with van der Waals surface area (Å²) in [5.74, 6) is -0.311. The molecule has 0 bridgehead atoms. The van der Waals surface area contributed by atoms with Gasteiger partial charge in [-0.3, -0.25) is 14.6 Å². The van der Waals surface area contributed by atoms with Crippen LogP contribution < -0.4 is 11.1 Å². The smallest absolute Gasteiger partial charge is 0.239 e. The second kappa shape index (κ2) is 6.58. The van der Waals surface area contributed by atoms with Gasteiger partial charge < -0.3 is 16.0 Å². The molecule has 0 atom stereocenters. The zero-order valence-electron chi connectivity index (χ0n) is 10.6. The Kier molecular flexibility index (Phi) is 5.10. The van der Waals surface area contributed by atoms with E-state index in [4.69, 9.17) is 5.73 Å². The number of nitrogens with one attached hydrogen (secondary N) is 1. The topological polar surface area (TPSA) is 88.3 Å². The molecule has 0 saturated carbocycles. The molecule has 0 aliphatic carbocycles. The van der Waals surface area contributed by atoms with Crippen molar-refractivity contribution in [2.45, 2.75) is 13.3 Å². The van der Waals surface area contributed by atoms with E-state index >= 15 is 0 Å². The molecule has 0 spiro atoms. The average molecular weight is 250 g/mol. The maximum Gasteiger partial charge on any atom is 0.239 e. The average Bonchev–Trinajstić information content (AvgIpc) is 2.38. The van der Waals surface area contributed by atoms with E-state index in [2.05, 4.69) is 10.3 Å². The van der Waals surface area contributed by atoms with Crippen molar-refractivity contribution in [2.75, 3.05) is 25.9 Å². The number of carbonyl (C=O) groups is 2. The summed E-state index contributed by atoms with van der Waals surface area (Å²) in [6.45, 7) is 2.39. The largest absolute Gasteiger partial charge is 0.397 e. The fourth-order valence-corrected chi connectivity index (χ4v) is 1.44. The van der Waals surface area contributed by atoms with E-state index in [-0.39, 0.29) is 24.8 Å². The van der Waals surface area contributed by atoms with Crippen LogP contribution in [0.3, 0.4) is 0 Å². The standard InChI is InChI=1S/C12H18N4O2/c1-3-16(8-11(17)14-2)12(18)6-10-5-4-9(13)7-15-10/h4-5,7H,3,6,8,13H2,1-2H3,(H,14,17). The highest BCUT2D eigenvalue weighted by Gasteiger charge is 2.15. The van der Waals surface area contributed by atoms with E-state index < -0.39 is 0 Å². The number of hydrogen-bond donors (Lipinski definition) is 2. The minimum Gasteiger partial charge on any atom is -0.397 e. The van der Waals surface area contributed by atoms with E-state index in [1.54, 1.807) is 19.2 Å². The molecule has 0 radical (unpaired) electrons. The number of likely N-dealkylation sites (N-methyl/N-ethyl adjacent to an activating group) is 2. The zero-order chi connectivity index (χ0) is 13.5. The quantitative estimate of drug-likeness (QED) is 0.757. The van der Waals surface area contributed by atoms with E-state index in [1.807, 2.05) is 6.92 Å². The molecule has 98 valence electrons. The molecule has 1 aromatic heterocycles. The van der Waals surface area contributed by atoms with E-state index in [0.717, 1.165) is 0 Å². The highest BCUT2D eigenvalue weighted by Crippen LogP contribution is 2.04. The molecule has 0 aliphatic heterocycles. The summed E-state index contributed by atoms with van der Waals surface area (Å²) in [6.07, 6.45) is 1.68. The molecule has 1 rings (SSSR count). The Balaban J connectivity index is 2.62. The van der Waals surface area contributed by atoms with Crippen molar-refractivity contribution >= 4 is 17.5 Å². The van der Waals surface area contributed by atoms with Gasteiger partial charge >= 0.3 is 0 Å². The second-order valence-corrected chi connectivity index (χ2v) is 3.84. The summed E-state index contributed by atoms with van der Waals surface area (Å²) in [5, 5.41) is 2.49. The number of carbonyl (C=O) groups excluding carboxylic acids is 2. The number of pyridine rings is 1. The van der Waals surface area contributed by atoms with Crippen LogP contribution in [0.1, 0.15) is 12.6 Å². The molecule has 0 unspecified atom stereocenters. The number of rotatable bonds is 5. The van der Waals surface area contributed by atoms with Crippen LogP contribution in [0.2, 0.25) is 0 Å². The van der Waals surface area contributed by atoms with Crippen molar-refractivity contribution in [3.8, 4) is 0 Å². The number of nitrogen functional groups attached to an aromatic ring is 1. The van der Waals surface area contributed by atoms with Crippen molar-refractivity contribution in [1.82, 2.24) is 15.2 Å². The Morgan fingerprint density at radius 2 is 2.17 bits per heavy atom. The highest BCUT2D eigenvalue weighted by atomic mass is 16.2. The third-order valence-electron chi connectivity index (χ3n) is 2.53.